The van der Waals surface area contributed by atoms with E-state index in [4.69, 9.17) is 22.1 Å². The molecule has 14 heteroatoms. The quantitative estimate of drug-likeness (QED) is 0.249. The van der Waals surface area contributed by atoms with Gasteiger partial charge in [-0.3, -0.25) is 19.0 Å². The van der Waals surface area contributed by atoms with E-state index in [1.807, 2.05) is 12.1 Å². The van der Waals surface area contributed by atoms with Crippen LogP contribution < -0.4 is 21.5 Å². The number of carbonyl (C=O) groups excluding carboxylic acids is 2. The molecule has 0 bridgehead atoms. The summed E-state index contributed by atoms with van der Waals surface area (Å²) in [5.41, 5.74) is 7.28. The van der Waals surface area contributed by atoms with Crippen molar-refractivity contribution in [1.29, 1.82) is 0 Å². The second-order valence-corrected chi connectivity index (χ2v) is 11.8. The number of benzene rings is 1. The summed E-state index contributed by atoms with van der Waals surface area (Å²) in [5, 5.41) is 7.92. The Kier molecular flexibility index (Phi) is 8.50. The van der Waals surface area contributed by atoms with Gasteiger partial charge in [0.2, 0.25) is 5.91 Å². The van der Waals surface area contributed by atoms with Crippen molar-refractivity contribution in [3.8, 4) is 11.3 Å². The Morgan fingerprint density at radius 2 is 1.86 bits per heavy atom. The van der Waals surface area contributed by atoms with Gasteiger partial charge in [0.1, 0.15) is 18.0 Å². The number of nitrogens with one attached hydrogen (secondary N) is 1. The zero-order chi connectivity index (χ0) is 30.6. The van der Waals surface area contributed by atoms with Crippen molar-refractivity contribution in [2.75, 3.05) is 36.5 Å². The number of anilines is 2. The average molecular weight is 631 g/mol. The molecule has 1 amide bonds. The van der Waals surface area contributed by atoms with E-state index in [0.717, 1.165) is 4.88 Å². The van der Waals surface area contributed by atoms with Gasteiger partial charge < -0.3 is 20.7 Å². The first-order valence-electron chi connectivity index (χ1n) is 13.7. The minimum Gasteiger partial charge on any atom is -0.378 e. The molecule has 1 aliphatic rings. The molecular weight excluding hydrogens is 604 g/mol. The van der Waals surface area contributed by atoms with Crippen LogP contribution >= 0.6 is 22.9 Å². The smallest absolute Gasteiger partial charge is 0.280 e. The highest BCUT2D eigenvalue weighted by Crippen LogP contribution is 2.28. The molecule has 0 atom stereocenters. The number of pyridine rings is 1. The van der Waals surface area contributed by atoms with E-state index in [-0.39, 0.29) is 23.2 Å². The van der Waals surface area contributed by atoms with E-state index in [1.165, 1.54) is 40.5 Å². The van der Waals surface area contributed by atoms with Gasteiger partial charge in [0.25, 0.3) is 11.5 Å². The fraction of sp³-hybridized carbons (Fsp3) is 0.200. The third kappa shape index (κ3) is 6.39. The summed E-state index contributed by atoms with van der Waals surface area (Å²) < 4.78 is 9.09. The van der Waals surface area contributed by atoms with Crippen molar-refractivity contribution in [2.45, 2.75) is 13.1 Å². The van der Waals surface area contributed by atoms with Gasteiger partial charge in [-0.05, 0) is 42.5 Å². The van der Waals surface area contributed by atoms with Crippen LogP contribution in [0, 0.1) is 0 Å². The molecule has 1 aromatic carbocycles. The molecule has 0 saturated carbocycles. The van der Waals surface area contributed by atoms with Crippen LogP contribution in [0.5, 0.6) is 0 Å². The normalized spacial score (nSPS) is 13.2. The number of nitrogens with two attached hydrogens (primary N) is 1. The zero-order valence-electron chi connectivity index (χ0n) is 23.4. The second-order valence-electron chi connectivity index (χ2n) is 9.96. The molecule has 5 heterocycles. The topological polar surface area (TPSA) is 150 Å². The number of rotatable bonds is 9. The molecule has 1 aliphatic heterocycles. The number of ether oxygens (including phenoxy) is 1. The molecule has 224 valence electrons. The zero-order valence-corrected chi connectivity index (χ0v) is 24.9. The van der Waals surface area contributed by atoms with Gasteiger partial charge in [-0.1, -0.05) is 17.7 Å². The molecule has 5 aromatic rings. The Balaban J connectivity index is 1.42. The van der Waals surface area contributed by atoms with Crippen LogP contribution in [0.25, 0.3) is 11.3 Å². The Hall–Kier alpha value is -4.85. The fourth-order valence-corrected chi connectivity index (χ4v) is 5.90. The lowest BCUT2D eigenvalue weighted by Gasteiger charge is -2.31. The maximum absolute atomic E-state index is 13.7. The molecule has 0 spiro atoms. The van der Waals surface area contributed by atoms with Crippen LogP contribution in [0.4, 0.5) is 11.6 Å². The summed E-state index contributed by atoms with van der Waals surface area (Å²) in [6.07, 6.45) is 3.09. The largest absolute Gasteiger partial charge is 0.378 e. The average Bonchev–Trinajstić information content (AvgIpc) is 3.67. The summed E-state index contributed by atoms with van der Waals surface area (Å²) in [4.78, 5) is 50.5. The number of thiophene rings is 1. The first-order chi connectivity index (χ1) is 21.4. The van der Waals surface area contributed by atoms with E-state index in [0.29, 0.717) is 65.8 Å². The Morgan fingerprint density at radius 3 is 2.59 bits per heavy atom. The van der Waals surface area contributed by atoms with Crippen LogP contribution in [-0.4, -0.2) is 62.4 Å². The predicted molar refractivity (Wildman–Crippen MR) is 167 cm³/mol. The highest BCUT2D eigenvalue weighted by Gasteiger charge is 2.22. The number of amides is 1. The number of hydrogen-bond donors (Lipinski definition) is 2. The van der Waals surface area contributed by atoms with Crippen LogP contribution in [-0.2, 0) is 17.8 Å². The van der Waals surface area contributed by atoms with Crippen molar-refractivity contribution < 1.29 is 14.3 Å². The van der Waals surface area contributed by atoms with E-state index in [2.05, 4.69) is 25.3 Å². The summed E-state index contributed by atoms with van der Waals surface area (Å²) in [7, 11) is 0. The van der Waals surface area contributed by atoms with Crippen molar-refractivity contribution in [3.05, 3.63) is 110 Å². The SMILES string of the molecule is NC(=O)c1cccc(C(=O)n2nc(-c3cc(N4CCOCC4)n(Cc4ccncn4)c(=O)c3)cc2NCc2ccc(Cl)s2)c1. The van der Waals surface area contributed by atoms with Crippen molar-refractivity contribution in [1.82, 2.24) is 24.3 Å². The number of aromatic nitrogens is 5. The van der Waals surface area contributed by atoms with Gasteiger partial charge in [-0.25, -0.2) is 9.97 Å². The van der Waals surface area contributed by atoms with Crippen LogP contribution in [0.2, 0.25) is 4.34 Å². The molecule has 0 radical (unpaired) electrons. The molecule has 44 heavy (non-hydrogen) atoms. The number of halogens is 1. The molecule has 3 N–H and O–H groups in total. The third-order valence-electron chi connectivity index (χ3n) is 7.07. The second kappa shape index (κ2) is 12.8. The highest BCUT2D eigenvalue weighted by molar-refractivity contribution is 7.16. The summed E-state index contributed by atoms with van der Waals surface area (Å²) in [5.74, 6) is -0.0345. The number of carbonyl (C=O) groups is 2. The standard InChI is InChI=1S/C30H27ClN8O4S/c31-25-5-4-23(44-25)16-34-26-15-24(36-39(26)30(42)20-3-1-2-19(12-20)29(32)41)21-13-27(37-8-10-43-11-9-37)38(28(40)14-21)17-22-6-7-33-18-35-22/h1-7,12-15,18,34H,8-11,16-17H2,(H2,32,41). The lowest BCUT2D eigenvalue weighted by Crippen LogP contribution is -2.40. The molecule has 12 nitrogen and oxygen atoms in total. The number of morpholine rings is 1. The monoisotopic (exact) mass is 630 g/mol. The predicted octanol–water partition coefficient (Wildman–Crippen LogP) is 3.50. The maximum atomic E-state index is 13.7. The lowest BCUT2D eigenvalue weighted by molar-refractivity contribution is 0.0948. The van der Waals surface area contributed by atoms with Crippen LogP contribution in [0.1, 0.15) is 31.3 Å². The minimum absolute atomic E-state index is 0.202. The van der Waals surface area contributed by atoms with Crippen molar-refractivity contribution >= 4 is 46.4 Å². The van der Waals surface area contributed by atoms with Crippen LogP contribution in [0.15, 0.2) is 78.0 Å². The first kappa shape index (κ1) is 29.2. The van der Waals surface area contributed by atoms with Gasteiger partial charge >= 0.3 is 0 Å². The van der Waals surface area contributed by atoms with Gasteiger partial charge in [0.05, 0.1) is 42.0 Å². The molecule has 1 saturated heterocycles. The van der Waals surface area contributed by atoms with Crippen molar-refractivity contribution in [2.24, 2.45) is 5.73 Å². The van der Waals surface area contributed by atoms with Gasteiger partial charge in [0, 0.05) is 53.0 Å². The van der Waals surface area contributed by atoms with E-state index < -0.39 is 11.8 Å². The Bertz CT molecular complexity index is 1880. The number of nitrogens with zero attached hydrogens (tertiary/aromatic N) is 6. The minimum atomic E-state index is -0.646. The van der Waals surface area contributed by atoms with E-state index >= 15 is 0 Å². The van der Waals surface area contributed by atoms with Crippen molar-refractivity contribution in [3.63, 3.8) is 0 Å². The molecule has 6 rings (SSSR count). The van der Waals surface area contributed by atoms with Crippen LogP contribution in [0.3, 0.4) is 0 Å². The molecular formula is C30H27ClN8O4S. The summed E-state index contributed by atoms with van der Waals surface area (Å²) in [6, 6.07) is 16.7. The summed E-state index contributed by atoms with van der Waals surface area (Å²) >= 11 is 7.53. The summed E-state index contributed by atoms with van der Waals surface area (Å²) in [6.45, 7) is 2.91. The fourth-order valence-electron chi connectivity index (χ4n) is 4.87. The number of primary amides is 1. The Labute approximate surface area is 260 Å². The van der Waals surface area contributed by atoms with Gasteiger partial charge in [-0.15, -0.1) is 11.3 Å². The lowest BCUT2D eigenvalue weighted by atomic mass is 10.1. The van der Waals surface area contributed by atoms with Gasteiger partial charge in [0.15, 0.2) is 0 Å². The molecule has 1 fully saturated rings. The molecule has 0 aliphatic carbocycles. The number of hydrogen-bond acceptors (Lipinski definition) is 10. The molecule has 4 aromatic heterocycles. The van der Waals surface area contributed by atoms with Gasteiger partial charge in [-0.2, -0.15) is 9.78 Å². The highest BCUT2D eigenvalue weighted by atomic mass is 35.5. The van der Waals surface area contributed by atoms with E-state index in [9.17, 15) is 14.4 Å². The maximum Gasteiger partial charge on any atom is 0.280 e. The Morgan fingerprint density at radius 1 is 1.05 bits per heavy atom. The third-order valence-corrected chi connectivity index (χ3v) is 8.30. The molecule has 0 unspecified atom stereocenters. The van der Waals surface area contributed by atoms with E-state index in [1.54, 1.807) is 41.1 Å². The first-order valence-corrected chi connectivity index (χ1v) is 14.9.